The van der Waals surface area contributed by atoms with Crippen molar-refractivity contribution >= 4 is 16.7 Å². The molecule has 4 nitrogen and oxygen atoms in total. The van der Waals surface area contributed by atoms with Crippen LogP contribution >= 0.6 is 0 Å². The highest BCUT2D eigenvalue weighted by Crippen LogP contribution is 2.19. The van der Waals surface area contributed by atoms with Gasteiger partial charge in [0.25, 0.3) is 0 Å². The minimum absolute atomic E-state index is 0.687. The number of benzene rings is 2. The lowest BCUT2D eigenvalue weighted by Crippen LogP contribution is -2.03. The maximum absolute atomic E-state index is 6.00. The van der Waals surface area contributed by atoms with Crippen molar-refractivity contribution in [3.05, 3.63) is 47.5 Å². The van der Waals surface area contributed by atoms with Crippen molar-refractivity contribution in [1.82, 2.24) is 15.0 Å². The van der Waals surface area contributed by atoms with E-state index in [2.05, 4.69) is 10.2 Å². The fourth-order valence-corrected chi connectivity index (χ4v) is 1.99. The second-order valence-electron chi connectivity index (χ2n) is 4.54. The number of fused-ring (bicyclic) bond motifs is 1. The summed E-state index contributed by atoms with van der Waals surface area (Å²) in [6.45, 7) is 4.05. The maximum atomic E-state index is 6.00. The fraction of sp³-hybridized carbons (Fsp3) is 0.143. The number of hydrogen-bond acceptors (Lipinski definition) is 3. The smallest absolute Gasteiger partial charge is 0.113 e. The predicted molar refractivity (Wildman–Crippen MR) is 72.8 cm³/mol. The molecule has 1 aromatic heterocycles. The van der Waals surface area contributed by atoms with Crippen molar-refractivity contribution in [2.75, 3.05) is 5.73 Å². The SMILES string of the molecule is Cc1ccc(-n2nc3ccc(C)cc3n2)c(N)c1. The van der Waals surface area contributed by atoms with Gasteiger partial charge in [0.15, 0.2) is 0 Å². The first kappa shape index (κ1) is 10.8. The van der Waals surface area contributed by atoms with Gasteiger partial charge >= 0.3 is 0 Å². The Labute approximate surface area is 105 Å². The molecule has 1 heterocycles. The second-order valence-corrected chi connectivity index (χ2v) is 4.54. The number of aryl methyl sites for hydroxylation is 2. The summed E-state index contributed by atoms with van der Waals surface area (Å²) < 4.78 is 0. The summed E-state index contributed by atoms with van der Waals surface area (Å²) >= 11 is 0. The van der Waals surface area contributed by atoms with Crippen molar-refractivity contribution in [2.24, 2.45) is 0 Å². The van der Waals surface area contributed by atoms with Gasteiger partial charge in [0.2, 0.25) is 0 Å². The highest BCUT2D eigenvalue weighted by atomic mass is 15.5. The van der Waals surface area contributed by atoms with E-state index in [1.807, 2.05) is 50.2 Å². The summed E-state index contributed by atoms with van der Waals surface area (Å²) in [6.07, 6.45) is 0. The van der Waals surface area contributed by atoms with Crippen LogP contribution in [0.2, 0.25) is 0 Å². The van der Waals surface area contributed by atoms with Crippen LogP contribution in [0.3, 0.4) is 0 Å². The van der Waals surface area contributed by atoms with Gasteiger partial charge in [-0.15, -0.1) is 15.0 Å². The highest BCUT2D eigenvalue weighted by Gasteiger charge is 2.07. The first-order valence-corrected chi connectivity index (χ1v) is 5.84. The van der Waals surface area contributed by atoms with Gasteiger partial charge < -0.3 is 5.73 Å². The van der Waals surface area contributed by atoms with Crippen LogP contribution in [0.15, 0.2) is 36.4 Å². The summed E-state index contributed by atoms with van der Waals surface area (Å²) in [4.78, 5) is 1.60. The van der Waals surface area contributed by atoms with Gasteiger partial charge in [-0.3, -0.25) is 0 Å². The summed E-state index contributed by atoms with van der Waals surface area (Å²) in [6, 6.07) is 11.9. The molecule has 0 saturated carbocycles. The maximum Gasteiger partial charge on any atom is 0.113 e. The zero-order valence-electron chi connectivity index (χ0n) is 10.4. The minimum Gasteiger partial charge on any atom is -0.397 e. The molecule has 3 rings (SSSR count). The van der Waals surface area contributed by atoms with Gasteiger partial charge in [0.1, 0.15) is 16.7 Å². The van der Waals surface area contributed by atoms with Crippen molar-refractivity contribution in [1.29, 1.82) is 0 Å². The van der Waals surface area contributed by atoms with E-state index in [0.29, 0.717) is 5.69 Å². The average Bonchev–Trinajstić information content (AvgIpc) is 2.71. The van der Waals surface area contributed by atoms with E-state index >= 15 is 0 Å². The van der Waals surface area contributed by atoms with Crippen LogP contribution in [0.5, 0.6) is 0 Å². The summed E-state index contributed by atoms with van der Waals surface area (Å²) in [7, 11) is 0. The standard InChI is InChI=1S/C14H14N4/c1-9-4-6-14(11(15)7-9)18-16-12-5-3-10(2)8-13(12)17-18/h3-8H,15H2,1-2H3. The Balaban J connectivity index is 2.19. The van der Waals surface area contributed by atoms with E-state index in [4.69, 9.17) is 5.73 Å². The first-order chi connectivity index (χ1) is 8.63. The van der Waals surface area contributed by atoms with E-state index in [9.17, 15) is 0 Å². The highest BCUT2D eigenvalue weighted by molar-refractivity contribution is 5.75. The molecule has 0 spiro atoms. The van der Waals surface area contributed by atoms with Crippen molar-refractivity contribution in [3.63, 3.8) is 0 Å². The largest absolute Gasteiger partial charge is 0.397 e. The fourth-order valence-electron chi connectivity index (χ4n) is 1.99. The molecule has 0 atom stereocenters. The van der Waals surface area contributed by atoms with Crippen LogP contribution in [-0.4, -0.2) is 15.0 Å². The van der Waals surface area contributed by atoms with E-state index < -0.39 is 0 Å². The molecule has 0 amide bonds. The van der Waals surface area contributed by atoms with Crippen molar-refractivity contribution < 1.29 is 0 Å². The first-order valence-electron chi connectivity index (χ1n) is 5.84. The molecule has 0 fully saturated rings. The molecule has 0 bridgehead atoms. The Bertz CT molecular complexity index is 728. The molecule has 4 heteroatoms. The number of nitrogen functional groups attached to an aromatic ring is 1. The van der Waals surface area contributed by atoms with Crippen molar-refractivity contribution in [3.8, 4) is 5.69 Å². The number of rotatable bonds is 1. The summed E-state index contributed by atoms with van der Waals surface area (Å²) in [5.74, 6) is 0. The topological polar surface area (TPSA) is 56.7 Å². The predicted octanol–water partition coefficient (Wildman–Crippen LogP) is 2.62. The van der Waals surface area contributed by atoms with Crippen LogP contribution in [0, 0.1) is 13.8 Å². The lowest BCUT2D eigenvalue weighted by molar-refractivity contribution is 0.767. The van der Waals surface area contributed by atoms with Crippen LogP contribution in [0.25, 0.3) is 16.7 Å². The van der Waals surface area contributed by atoms with Gasteiger partial charge in [-0.05, 0) is 49.2 Å². The van der Waals surface area contributed by atoms with Gasteiger partial charge in [-0.25, -0.2) is 0 Å². The third kappa shape index (κ3) is 1.72. The molecule has 2 aromatic carbocycles. The number of nitrogens with zero attached hydrogens (tertiary/aromatic N) is 3. The molecule has 0 aliphatic heterocycles. The number of aromatic nitrogens is 3. The molecule has 90 valence electrons. The average molecular weight is 238 g/mol. The third-order valence-electron chi connectivity index (χ3n) is 2.93. The van der Waals surface area contributed by atoms with Gasteiger partial charge in [0, 0.05) is 0 Å². The van der Waals surface area contributed by atoms with Crippen LogP contribution < -0.4 is 5.73 Å². The molecule has 0 aliphatic carbocycles. The lowest BCUT2D eigenvalue weighted by atomic mass is 10.2. The van der Waals surface area contributed by atoms with E-state index in [1.54, 1.807) is 4.80 Å². The van der Waals surface area contributed by atoms with E-state index in [-0.39, 0.29) is 0 Å². The minimum atomic E-state index is 0.687. The molecule has 2 N–H and O–H groups in total. The normalized spacial score (nSPS) is 11.0. The van der Waals surface area contributed by atoms with Crippen molar-refractivity contribution in [2.45, 2.75) is 13.8 Å². The Morgan fingerprint density at radius 2 is 1.56 bits per heavy atom. The number of nitrogens with two attached hydrogens (primary N) is 1. The zero-order chi connectivity index (χ0) is 12.7. The molecule has 0 radical (unpaired) electrons. The monoisotopic (exact) mass is 238 g/mol. The van der Waals surface area contributed by atoms with Crippen LogP contribution in [-0.2, 0) is 0 Å². The Morgan fingerprint density at radius 3 is 2.33 bits per heavy atom. The Kier molecular flexibility index (Phi) is 2.30. The molecule has 0 unspecified atom stereocenters. The molecule has 3 aromatic rings. The summed E-state index contributed by atoms with van der Waals surface area (Å²) in [5, 5.41) is 8.90. The van der Waals surface area contributed by atoms with Gasteiger partial charge in [-0.1, -0.05) is 12.1 Å². The molecule has 18 heavy (non-hydrogen) atoms. The third-order valence-corrected chi connectivity index (χ3v) is 2.93. The van der Waals surface area contributed by atoms with Crippen LogP contribution in [0.4, 0.5) is 5.69 Å². The number of anilines is 1. The molecule has 0 aliphatic rings. The zero-order valence-corrected chi connectivity index (χ0v) is 10.4. The van der Waals surface area contributed by atoms with Gasteiger partial charge in [0.05, 0.1) is 5.69 Å². The Hall–Kier alpha value is -2.36. The Morgan fingerprint density at radius 1 is 0.889 bits per heavy atom. The van der Waals surface area contributed by atoms with Gasteiger partial charge in [-0.2, -0.15) is 0 Å². The quantitative estimate of drug-likeness (QED) is 0.663. The summed E-state index contributed by atoms with van der Waals surface area (Å²) in [5.41, 5.74) is 11.6. The second kappa shape index (κ2) is 3.84. The number of hydrogen-bond donors (Lipinski definition) is 1. The van der Waals surface area contributed by atoms with E-state index in [0.717, 1.165) is 22.3 Å². The van der Waals surface area contributed by atoms with Crippen LogP contribution in [0.1, 0.15) is 11.1 Å². The van der Waals surface area contributed by atoms with E-state index in [1.165, 1.54) is 5.56 Å². The lowest BCUT2D eigenvalue weighted by Gasteiger charge is -2.04. The molecule has 0 saturated heterocycles. The molecular weight excluding hydrogens is 224 g/mol. The molecular formula is C14H14N4.